The molecule has 2 aliphatic rings. The lowest BCUT2D eigenvalue weighted by Crippen LogP contribution is -2.42. The van der Waals surface area contributed by atoms with Gasteiger partial charge >= 0.3 is 0 Å². The van der Waals surface area contributed by atoms with Gasteiger partial charge in [-0.15, -0.1) is 0 Å². The average molecular weight is 273 g/mol. The molecule has 20 heavy (non-hydrogen) atoms. The van der Waals surface area contributed by atoms with E-state index in [2.05, 4.69) is 10.3 Å². The lowest BCUT2D eigenvalue weighted by atomic mass is 9.89. The number of hydrogen-bond donors (Lipinski definition) is 1. The Bertz CT molecular complexity index is 517. The van der Waals surface area contributed by atoms with Crippen LogP contribution in [0.3, 0.4) is 0 Å². The Morgan fingerprint density at radius 3 is 2.90 bits per heavy atom. The molecule has 1 aromatic rings. The minimum absolute atomic E-state index is 0.0412. The van der Waals surface area contributed by atoms with E-state index < -0.39 is 0 Å². The third kappa shape index (κ3) is 2.53. The Balaban J connectivity index is 1.69. The molecule has 2 aliphatic heterocycles. The summed E-state index contributed by atoms with van der Waals surface area (Å²) in [5, 5.41) is 3.12. The molecule has 0 unspecified atom stereocenters. The molecule has 0 saturated carbocycles. The summed E-state index contributed by atoms with van der Waals surface area (Å²) in [6.45, 7) is 1.46. The topological polar surface area (TPSA) is 62.3 Å². The van der Waals surface area contributed by atoms with Crippen molar-refractivity contribution in [3.8, 4) is 0 Å². The molecule has 0 bridgehead atoms. The summed E-state index contributed by atoms with van der Waals surface area (Å²) in [6.07, 6.45) is 7.56. The van der Waals surface area contributed by atoms with E-state index >= 15 is 0 Å². The van der Waals surface area contributed by atoms with Crippen LogP contribution in [0.2, 0.25) is 0 Å². The van der Waals surface area contributed by atoms with Crippen molar-refractivity contribution in [2.75, 3.05) is 13.1 Å². The number of hydrogen-bond acceptors (Lipinski definition) is 3. The number of carbonyl (C=O) groups is 2. The van der Waals surface area contributed by atoms with Crippen LogP contribution >= 0.6 is 0 Å². The molecular formula is C15H19N3O2. The summed E-state index contributed by atoms with van der Waals surface area (Å²) in [5.74, 6) is 0.191. The fourth-order valence-electron chi connectivity index (χ4n) is 3.22. The maximum absolute atomic E-state index is 12.4. The number of aromatic nitrogens is 1. The van der Waals surface area contributed by atoms with Crippen LogP contribution in [-0.2, 0) is 4.79 Å². The average Bonchev–Trinajstić information content (AvgIpc) is 2.71. The van der Waals surface area contributed by atoms with Gasteiger partial charge in [0.25, 0.3) is 5.91 Å². The minimum atomic E-state index is -0.0684. The molecule has 2 saturated heterocycles. The molecule has 3 rings (SSSR count). The zero-order valence-corrected chi connectivity index (χ0v) is 11.5. The number of nitrogens with zero attached hydrogens (tertiary/aromatic N) is 2. The van der Waals surface area contributed by atoms with Gasteiger partial charge in [-0.3, -0.25) is 14.6 Å². The van der Waals surface area contributed by atoms with Gasteiger partial charge in [0.1, 0.15) is 0 Å². The van der Waals surface area contributed by atoms with Crippen LogP contribution in [0.1, 0.15) is 42.5 Å². The Hall–Kier alpha value is -1.91. The Labute approximate surface area is 118 Å². The molecule has 1 atom stereocenters. The zero-order chi connectivity index (χ0) is 14.0. The molecule has 106 valence electrons. The summed E-state index contributed by atoms with van der Waals surface area (Å²) in [6, 6.07) is 3.58. The second-order valence-corrected chi connectivity index (χ2v) is 5.72. The van der Waals surface area contributed by atoms with Crippen molar-refractivity contribution in [2.45, 2.75) is 37.6 Å². The van der Waals surface area contributed by atoms with Gasteiger partial charge in [-0.05, 0) is 37.8 Å². The highest BCUT2D eigenvalue weighted by Gasteiger charge is 2.39. The van der Waals surface area contributed by atoms with Gasteiger partial charge in [-0.25, -0.2) is 0 Å². The van der Waals surface area contributed by atoms with Crippen molar-refractivity contribution in [1.29, 1.82) is 0 Å². The van der Waals surface area contributed by atoms with Crippen LogP contribution < -0.4 is 5.32 Å². The van der Waals surface area contributed by atoms with E-state index in [0.29, 0.717) is 18.5 Å². The largest absolute Gasteiger partial charge is 0.351 e. The van der Waals surface area contributed by atoms with Gasteiger partial charge in [0.15, 0.2) is 0 Å². The molecule has 1 aromatic heterocycles. The van der Waals surface area contributed by atoms with E-state index in [1.165, 1.54) is 0 Å². The van der Waals surface area contributed by atoms with Crippen LogP contribution in [0.4, 0.5) is 0 Å². The van der Waals surface area contributed by atoms with Crippen molar-refractivity contribution in [3.05, 3.63) is 30.1 Å². The molecule has 0 radical (unpaired) electrons. The van der Waals surface area contributed by atoms with E-state index in [-0.39, 0.29) is 17.4 Å². The van der Waals surface area contributed by atoms with Crippen molar-refractivity contribution in [2.24, 2.45) is 0 Å². The van der Waals surface area contributed by atoms with Crippen molar-refractivity contribution in [3.63, 3.8) is 0 Å². The first kappa shape index (κ1) is 13.1. The SMILES string of the molecule is O=C1CC[C@@]2(CCCN(C(=O)c3cccnc3)CC2)N1. The molecule has 1 spiro atoms. The molecule has 0 aromatic carbocycles. The molecule has 5 heteroatoms. The number of rotatable bonds is 1. The monoisotopic (exact) mass is 273 g/mol. The summed E-state index contributed by atoms with van der Waals surface area (Å²) >= 11 is 0. The number of likely N-dealkylation sites (tertiary alicyclic amines) is 1. The van der Waals surface area contributed by atoms with E-state index in [0.717, 1.165) is 32.2 Å². The summed E-state index contributed by atoms with van der Waals surface area (Å²) in [7, 11) is 0. The fraction of sp³-hybridized carbons (Fsp3) is 0.533. The fourth-order valence-corrected chi connectivity index (χ4v) is 3.22. The number of nitrogens with one attached hydrogen (secondary N) is 1. The van der Waals surface area contributed by atoms with Crippen molar-refractivity contribution >= 4 is 11.8 Å². The number of pyridine rings is 1. The van der Waals surface area contributed by atoms with Gasteiger partial charge in [-0.1, -0.05) is 0 Å². The first-order valence-corrected chi connectivity index (χ1v) is 7.19. The van der Waals surface area contributed by atoms with E-state index in [1.807, 2.05) is 4.90 Å². The predicted molar refractivity (Wildman–Crippen MR) is 74.1 cm³/mol. The standard InChI is InChI=1S/C15H19N3O2/c19-13-4-6-15(17-13)5-2-9-18(10-7-15)14(20)12-3-1-8-16-11-12/h1,3,8,11H,2,4-7,9-10H2,(H,17,19)/t15-/m1/s1. The third-order valence-corrected chi connectivity index (χ3v) is 4.37. The lowest BCUT2D eigenvalue weighted by molar-refractivity contribution is -0.119. The Morgan fingerprint density at radius 2 is 2.20 bits per heavy atom. The third-order valence-electron chi connectivity index (χ3n) is 4.37. The van der Waals surface area contributed by atoms with Crippen LogP contribution in [0.25, 0.3) is 0 Å². The maximum Gasteiger partial charge on any atom is 0.255 e. The summed E-state index contributed by atoms with van der Waals surface area (Å²) in [4.78, 5) is 29.8. The Kier molecular flexibility index (Phi) is 3.42. The molecule has 5 nitrogen and oxygen atoms in total. The highest BCUT2D eigenvalue weighted by molar-refractivity contribution is 5.93. The quantitative estimate of drug-likeness (QED) is 0.840. The molecule has 3 heterocycles. The molecule has 0 aliphatic carbocycles. The molecule has 2 amide bonds. The number of carbonyl (C=O) groups excluding carboxylic acids is 2. The first-order chi connectivity index (χ1) is 9.69. The second kappa shape index (κ2) is 5.23. The molecular weight excluding hydrogens is 254 g/mol. The van der Waals surface area contributed by atoms with Gasteiger partial charge in [0, 0.05) is 37.4 Å². The van der Waals surface area contributed by atoms with Crippen LogP contribution in [-0.4, -0.2) is 40.3 Å². The van der Waals surface area contributed by atoms with Crippen LogP contribution in [0, 0.1) is 0 Å². The normalized spacial score (nSPS) is 26.4. The van der Waals surface area contributed by atoms with E-state index in [4.69, 9.17) is 0 Å². The van der Waals surface area contributed by atoms with Gasteiger partial charge in [0.05, 0.1) is 5.56 Å². The highest BCUT2D eigenvalue weighted by atomic mass is 16.2. The van der Waals surface area contributed by atoms with Crippen molar-refractivity contribution < 1.29 is 9.59 Å². The van der Waals surface area contributed by atoms with Crippen LogP contribution in [0.5, 0.6) is 0 Å². The molecule has 2 fully saturated rings. The van der Waals surface area contributed by atoms with Crippen LogP contribution in [0.15, 0.2) is 24.5 Å². The first-order valence-electron chi connectivity index (χ1n) is 7.19. The van der Waals surface area contributed by atoms with E-state index in [9.17, 15) is 9.59 Å². The smallest absolute Gasteiger partial charge is 0.255 e. The van der Waals surface area contributed by atoms with Gasteiger partial charge in [-0.2, -0.15) is 0 Å². The minimum Gasteiger partial charge on any atom is -0.351 e. The summed E-state index contributed by atoms with van der Waals surface area (Å²) in [5.41, 5.74) is 0.569. The Morgan fingerprint density at radius 1 is 1.30 bits per heavy atom. The molecule has 1 N–H and O–H groups in total. The summed E-state index contributed by atoms with van der Waals surface area (Å²) < 4.78 is 0. The van der Waals surface area contributed by atoms with Gasteiger partial charge in [0.2, 0.25) is 5.91 Å². The number of amides is 2. The second-order valence-electron chi connectivity index (χ2n) is 5.72. The predicted octanol–water partition coefficient (Wildman–Crippen LogP) is 1.36. The van der Waals surface area contributed by atoms with Gasteiger partial charge < -0.3 is 10.2 Å². The van der Waals surface area contributed by atoms with Crippen molar-refractivity contribution in [1.82, 2.24) is 15.2 Å². The zero-order valence-electron chi connectivity index (χ0n) is 11.5. The highest BCUT2D eigenvalue weighted by Crippen LogP contribution is 2.31. The lowest BCUT2D eigenvalue weighted by Gasteiger charge is -2.27. The van der Waals surface area contributed by atoms with E-state index in [1.54, 1.807) is 24.5 Å². The maximum atomic E-state index is 12.4.